The number of carbonyl (C=O) groups is 2. The zero-order chi connectivity index (χ0) is 22.2. The summed E-state index contributed by atoms with van der Waals surface area (Å²) >= 11 is 1.26. The average Bonchev–Trinajstić information content (AvgIpc) is 3.31. The number of nitrogens with zero attached hydrogens (tertiary/aromatic N) is 2. The fourth-order valence-corrected chi connectivity index (χ4v) is 5.93. The maximum Gasteiger partial charge on any atom is 0.267 e. The fourth-order valence-electron chi connectivity index (χ4n) is 3.43. The number of nitrogens with one attached hydrogen (secondary N) is 1. The van der Waals surface area contributed by atoms with Gasteiger partial charge in [0.1, 0.15) is 11.8 Å². The zero-order valence-electron chi connectivity index (χ0n) is 17.0. The molecule has 1 unspecified atom stereocenters. The van der Waals surface area contributed by atoms with Crippen molar-refractivity contribution in [2.24, 2.45) is 0 Å². The topological polar surface area (TPSA) is 106 Å². The molecule has 0 aliphatic carbocycles. The Morgan fingerprint density at radius 2 is 2.00 bits per heavy atom. The first-order chi connectivity index (χ1) is 14.8. The number of aromatic nitrogens is 1. The molecule has 4 rings (SSSR count). The van der Waals surface area contributed by atoms with Crippen molar-refractivity contribution in [2.75, 3.05) is 11.9 Å². The van der Waals surface area contributed by atoms with Gasteiger partial charge in [-0.25, -0.2) is 17.7 Å². The molecule has 1 aliphatic rings. The first-order valence-electron chi connectivity index (χ1n) is 9.78. The van der Waals surface area contributed by atoms with Crippen LogP contribution in [-0.4, -0.2) is 42.2 Å². The molecule has 0 spiro atoms. The Bertz CT molecular complexity index is 1250. The van der Waals surface area contributed by atoms with Crippen molar-refractivity contribution in [2.45, 2.75) is 37.6 Å². The number of hydrogen-bond acceptors (Lipinski definition) is 7. The van der Waals surface area contributed by atoms with Crippen molar-refractivity contribution in [3.63, 3.8) is 0 Å². The minimum absolute atomic E-state index is 0.0132. The molecule has 1 atom stereocenters. The van der Waals surface area contributed by atoms with Gasteiger partial charge in [-0.2, -0.15) is 0 Å². The number of ether oxygens (including phenoxy) is 1. The highest BCUT2D eigenvalue weighted by Gasteiger charge is 2.44. The van der Waals surface area contributed by atoms with Crippen molar-refractivity contribution in [3.8, 4) is 5.75 Å². The third-order valence-corrected chi connectivity index (χ3v) is 7.72. The molecule has 1 fully saturated rings. The quantitative estimate of drug-likeness (QED) is 0.606. The minimum Gasteiger partial charge on any atom is -0.494 e. The fraction of sp³-hybridized carbons (Fsp3) is 0.286. The summed E-state index contributed by atoms with van der Waals surface area (Å²) in [5, 5.41) is 3.01. The SMILES string of the molecule is CCOc1ccc2nc(NC(=O)C3CCC(=O)N3S(=O)(=O)c3ccc(C)cc3)sc2c1. The summed E-state index contributed by atoms with van der Waals surface area (Å²) in [6.07, 6.45) is 0.107. The summed E-state index contributed by atoms with van der Waals surface area (Å²) in [6.45, 7) is 4.26. The molecule has 0 saturated carbocycles. The predicted octanol–water partition coefficient (Wildman–Crippen LogP) is 3.32. The lowest BCUT2D eigenvalue weighted by molar-refractivity contribution is -0.128. The maximum atomic E-state index is 13.1. The van der Waals surface area contributed by atoms with Gasteiger partial charge in [-0.3, -0.25) is 9.59 Å². The highest BCUT2D eigenvalue weighted by Crippen LogP contribution is 2.31. The molecule has 2 aromatic carbocycles. The molecule has 0 bridgehead atoms. The van der Waals surface area contributed by atoms with Gasteiger partial charge in [0.15, 0.2) is 5.13 Å². The number of benzene rings is 2. The number of carbonyl (C=O) groups excluding carboxylic acids is 2. The number of sulfonamides is 1. The van der Waals surface area contributed by atoms with Gasteiger partial charge >= 0.3 is 0 Å². The van der Waals surface area contributed by atoms with Crippen LogP contribution >= 0.6 is 11.3 Å². The van der Waals surface area contributed by atoms with E-state index in [2.05, 4.69) is 10.3 Å². The van der Waals surface area contributed by atoms with Gasteiger partial charge in [-0.05, 0) is 50.6 Å². The lowest BCUT2D eigenvalue weighted by atomic mass is 10.2. The van der Waals surface area contributed by atoms with Crippen LogP contribution in [0.3, 0.4) is 0 Å². The van der Waals surface area contributed by atoms with Crippen LogP contribution in [-0.2, 0) is 19.6 Å². The Labute approximate surface area is 183 Å². The highest BCUT2D eigenvalue weighted by atomic mass is 32.2. The molecule has 8 nitrogen and oxygen atoms in total. The van der Waals surface area contributed by atoms with E-state index in [-0.39, 0.29) is 17.7 Å². The largest absolute Gasteiger partial charge is 0.494 e. The van der Waals surface area contributed by atoms with E-state index >= 15 is 0 Å². The second-order valence-electron chi connectivity index (χ2n) is 7.13. The summed E-state index contributed by atoms with van der Waals surface area (Å²) in [5.74, 6) is -0.467. The van der Waals surface area contributed by atoms with Gasteiger partial charge in [0.25, 0.3) is 10.0 Å². The van der Waals surface area contributed by atoms with Gasteiger partial charge in [-0.15, -0.1) is 0 Å². The van der Waals surface area contributed by atoms with E-state index in [1.165, 1.54) is 23.5 Å². The molecular weight excluding hydrogens is 438 g/mol. The van der Waals surface area contributed by atoms with Crippen LogP contribution in [0.15, 0.2) is 47.4 Å². The van der Waals surface area contributed by atoms with E-state index < -0.39 is 27.9 Å². The lowest BCUT2D eigenvalue weighted by Crippen LogP contribution is -2.45. The van der Waals surface area contributed by atoms with Gasteiger partial charge < -0.3 is 10.1 Å². The number of aryl methyl sites for hydroxylation is 1. The Kier molecular flexibility index (Phi) is 5.67. The third kappa shape index (κ3) is 4.13. The number of fused-ring (bicyclic) bond motifs is 1. The molecule has 162 valence electrons. The Morgan fingerprint density at radius 3 is 2.71 bits per heavy atom. The first kappa shape index (κ1) is 21.3. The predicted molar refractivity (Wildman–Crippen MR) is 118 cm³/mol. The van der Waals surface area contributed by atoms with Crippen molar-refractivity contribution in [3.05, 3.63) is 48.0 Å². The highest BCUT2D eigenvalue weighted by molar-refractivity contribution is 7.89. The minimum atomic E-state index is -4.14. The van der Waals surface area contributed by atoms with Gasteiger partial charge in [0, 0.05) is 6.42 Å². The molecule has 1 saturated heterocycles. The summed E-state index contributed by atoms with van der Waals surface area (Å²) in [6, 6.07) is 10.5. The first-order valence-corrected chi connectivity index (χ1v) is 12.0. The van der Waals surface area contributed by atoms with E-state index in [4.69, 9.17) is 4.74 Å². The third-order valence-electron chi connectivity index (χ3n) is 4.94. The second-order valence-corrected chi connectivity index (χ2v) is 9.98. The molecule has 1 N–H and O–H groups in total. The van der Waals surface area contributed by atoms with Crippen LogP contribution in [0.4, 0.5) is 5.13 Å². The molecule has 1 aliphatic heterocycles. The smallest absolute Gasteiger partial charge is 0.267 e. The van der Waals surface area contributed by atoms with Gasteiger partial charge in [-0.1, -0.05) is 29.0 Å². The number of anilines is 1. The van der Waals surface area contributed by atoms with E-state index in [1.807, 2.05) is 19.9 Å². The average molecular weight is 460 g/mol. The number of rotatable bonds is 6. The van der Waals surface area contributed by atoms with E-state index in [9.17, 15) is 18.0 Å². The van der Waals surface area contributed by atoms with Crippen molar-refractivity contribution < 1.29 is 22.7 Å². The summed E-state index contributed by atoms with van der Waals surface area (Å²) < 4.78 is 33.1. The van der Waals surface area contributed by atoms with Crippen LogP contribution in [0.25, 0.3) is 10.2 Å². The lowest BCUT2D eigenvalue weighted by Gasteiger charge is -2.23. The number of thiazole rings is 1. The maximum absolute atomic E-state index is 13.1. The number of hydrogen-bond donors (Lipinski definition) is 1. The Balaban J connectivity index is 1.58. The summed E-state index contributed by atoms with van der Waals surface area (Å²) in [4.78, 5) is 29.7. The molecule has 0 radical (unpaired) electrons. The summed E-state index contributed by atoms with van der Waals surface area (Å²) in [7, 11) is -4.14. The van der Waals surface area contributed by atoms with E-state index in [0.29, 0.717) is 27.3 Å². The van der Waals surface area contributed by atoms with Gasteiger partial charge in [0.05, 0.1) is 21.7 Å². The van der Waals surface area contributed by atoms with Gasteiger partial charge in [0.2, 0.25) is 11.8 Å². The van der Waals surface area contributed by atoms with Crippen molar-refractivity contribution in [1.29, 1.82) is 0 Å². The molecule has 10 heteroatoms. The number of amides is 2. The molecule has 2 amide bonds. The second kappa shape index (κ2) is 8.27. The summed E-state index contributed by atoms with van der Waals surface area (Å²) in [5.41, 5.74) is 1.58. The molecule has 31 heavy (non-hydrogen) atoms. The monoisotopic (exact) mass is 459 g/mol. The van der Waals surface area contributed by atoms with Crippen LogP contribution in [0.5, 0.6) is 5.75 Å². The van der Waals surface area contributed by atoms with Crippen LogP contribution in [0.1, 0.15) is 25.3 Å². The molecule has 3 aromatic rings. The van der Waals surface area contributed by atoms with Crippen LogP contribution in [0.2, 0.25) is 0 Å². The Hall–Kier alpha value is -2.98. The normalized spacial score (nSPS) is 16.6. The molecule has 1 aromatic heterocycles. The molecular formula is C21H21N3O5S2. The Morgan fingerprint density at radius 1 is 1.26 bits per heavy atom. The van der Waals surface area contributed by atoms with E-state index in [1.54, 1.807) is 24.3 Å². The van der Waals surface area contributed by atoms with Crippen LogP contribution in [0, 0.1) is 6.92 Å². The zero-order valence-corrected chi connectivity index (χ0v) is 18.6. The van der Waals surface area contributed by atoms with E-state index in [0.717, 1.165) is 10.3 Å². The standard InChI is InChI=1S/C21H21N3O5S2/c1-3-29-14-6-9-16-18(12-14)30-21(22-16)23-20(26)17-10-11-19(25)24(17)31(27,28)15-7-4-13(2)5-8-15/h4-9,12,17H,3,10-11H2,1-2H3,(H,22,23,26). The molecule has 2 heterocycles. The van der Waals surface area contributed by atoms with Crippen molar-refractivity contribution in [1.82, 2.24) is 9.29 Å². The van der Waals surface area contributed by atoms with Crippen molar-refractivity contribution >= 4 is 48.5 Å². The van der Waals surface area contributed by atoms with Crippen LogP contribution < -0.4 is 10.1 Å².